The summed E-state index contributed by atoms with van der Waals surface area (Å²) in [6.45, 7) is 1.48. The number of methoxy groups -OCH3 is 1. The van der Waals surface area contributed by atoms with Crippen molar-refractivity contribution in [3.63, 3.8) is 0 Å². The van der Waals surface area contributed by atoms with Crippen molar-refractivity contribution < 1.29 is 18.3 Å². The molecule has 0 aliphatic heterocycles. The molecule has 4 nitrogen and oxygen atoms in total. The summed E-state index contributed by atoms with van der Waals surface area (Å²) in [4.78, 5) is 14.9. The Labute approximate surface area is 96.8 Å². The number of esters is 1. The number of ether oxygens (including phenoxy) is 1. The Balaban J connectivity index is 3.27. The van der Waals surface area contributed by atoms with E-state index in [2.05, 4.69) is 9.72 Å². The summed E-state index contributed by atoms with van der Waals surface area (Å²) in [7, 11) is 1.18. The summed E-state index contributed by atoms with van der Waals surface area (Å²) in [6, 6.07) is 2.69. The van der Waals surface area contributed by atoms with Crippen LogP contribution in [-0.4, -0.2) is 18.1 Å². The quantitative estimate of drug-likeness (QED) is 0.757. The van der Waals surface area contributed by atoms with Crippen LogP contribution < -0.4 is 0 Å². The van der Waals surface area contributed by atoms with E-state index in [1.54, 1.807) is 6.07 Å². The second kappa shape index (κ2) is 5.34. The average molecular weight is 240 g/mol. The highest BCUT2D eigenvalue weighted by Gasteiger charge is 2.19. The number of rotatable bonds is 3. The molecule has 90 valence electrons. The van der Waals surface area contributed by atoms with Crippen LogP contribution in [0.2, 0.25) is 0 Å². The van der Waals surface area contributed by atoms with Crippen molar-refractivity contribution in [2.45, 2.75) is 19.8 Å². The number of hydrogen-bond acceptors (Lipinski definition) is 4. The molecule has 0 aliphatic carbocycles. The smallest absolute Gasteiger partial charge is 0.310 e. The van der Waals surface area contributed by atoms with Crippen LogP contribution in [0.5, 0.6) is 0 Å². The number of nitrogens with zero attached hydrogens (tertiary/aromatic N) is 2. The van der Waals surface area contributed by atoms with Crippen molar-refractivity contribution in [3.8, 4) is 6.07 Å². The van der Waals surface area contributed by atoms with Crippen LogP contribution in [0.15, 0.2) is 6.07 Å². The van der Waals surface area contributed by atoms with E-state index in [-0.39, 0.29) is 28.9 Å². The summed E-state index contributed by atoms with van der Waals surface area (Å²) in [6.07, 6.45) is -3.04. The van der Waals surface area contributed by atoms with Crippen molar-refractivity contribution >= 4 is 5.97 Å². The van der Waals surface area contributed by atoms with Gasteiger partial charge in [0.15, 0.2) is 0 Å². The normalized spacial score (nSPS) is 10.1. The minimum absolute atomic E-state index is 0.0913. The molecule has 0 fully saturated rings. The zero-order valence-electron chi connectivity index (χ0n) is 9.33. The van der Waals surface area contributed by atoms with Gasteiger partial charge in [0.25, 0.3) is 6.43 Å². The standard InChI is InChI=1S/C11H10F2N2O2/c1-6-8(4-10(16)17-2)9(11(12)13)3-7(5-14)15-6/h3,11H,4H2,1-2H3. The van der Waals surface area contributed by atoms with E-state index in [1.165, 1.54) is 14.0 Å². The lowest BCUT2D eigenvalue weighted by Gasteiger charge is -2.10. The molecule has 17 heavy (non-hydrogen) atoms. The highest BCUT2D eigenvalue weighted by Crippen LogP contribution is 2.26. The highest BCUT2D eigenvalue weighted by molar-refractivity contribution is 5.73. The van der Waals surface area contributed by atoms with E-state index in [1.807, 2.05) is 0 Å². The van der Waals surface area contributed by atoms with Crippen LogP contribution in [-0.2, 0) is 16.0 Å². The average Bonchev–Trinajstić information content (AvgIpc) is 2.30. The van der Waals surface area contributed by atoms with Gasteiger partial charge in [0.05, 0.1) is 13.5 Å². The number of carbonyl (C=O) groups is 1. The minimum atomic E-state index is -2.76. The van der Waals surface area contributed by atoms with Crippen LogP contribution >= 0.6 is 0 Å². The minimum Gasteiger partial charge on any atom is -0.469 e. The molecule has 0 spiro atoms. The number of halogens is 2. The third-order valence-corrected chi connectivity index (χ3v) is 2.26. The summed E-state index contributed by atoms with van der Waals surface area (Å²) < 4.78 is 30.0. The summed E-state index contributed by atoms with van der Waals surface area (Å²) in [5.74, 6) is -0.624. The van der Waals surface area contributed by atoms with Crippen molar-refractivity contribution in [1.82, 2.24) is 4.98 Å². The van der Waals surface area contributed by atoms with Gasteiger partial charge in [-0.3, -0.25) is 4.79 Å². The molecule has 1 rings (SSSR count). The second-order valence-corrected chi connectivity index (χ2v) is 3.33. The van der Waals surface area contributed by atoms with Gasteiger partial charge in [-0.25, -0.2) is 13.8 Å². The molecule has 0 amide bonds. The molecule has 0 aliphatic rings. The predicted molar refractivity (Wildman–Crippen MR) is 54.4 cm³/mol. The number of carbonyl (C=O) groups excluding carboxylic acids is 1. The summed E-state index contributed by atoms with van der Waals surface area (Å²) in [5.41, 5.74) is -0.0820. The van der Waals surface area contributed by atoms with Crippen LogP contribution in [0.4, 0.5) is 8.78 Å². The van der Waals surface area contributed by atoms with Gasteiger partial charge >= 0.3 is 5.97 Å². The second-order valence-electron chi connectivity index (χ2n) is 3.33. The first-order valence-electron chi connectivity index (χ1n) is 4.75. The van der Waals surface area contributed by atoms with Crippen molar-refractivity contribution in [1.29, 1.82) is 5.26 Å². The third-order valence-electron chi connectivity index (χ3n) is 2.26. The maximum atomic E-state index is 12.8. The molecule has 6 heteroatoms. The Morgan fingerprint density at radius 2 is 2.29 bits per heavy atom. The zero-order valence-corrected chi connectivity index (χ0v) is 9.33. The van der Waals surface area contributed by atoms with Gasteiger partial charge in [0.1, 0.15) is 11.8 Å². The van der Waals surface area contributed by atoms with Gasteiger partial charge < -0.3 is 4.74 Å². The number of hydrogen-bond donors (Lipinski definition) is 0. The van der Waals surface area contributed by atoms with Crippen LogP contribution in [0.25, 0.3) is 0 Å². The van der Waals surface area contributed by atoms with Gasteiger partial charge in [-0.2, -0.15) is 5.26 Å². The van der Waals surface area contributed by atoms with E-state index in [4.69, 9.17) is 5.26 Å². The largest absolute Gasteiger partial charge is 0.469 e. The molecule has 0 radical (unpaired) electrons. The Hall–Kier alpha value is -2.03. The Kier molecular flexibility index (Phi) is 4.10. The number of alkyl halides is 2. The van der Waals surface area contributed by atoms with Crippen molar-refractivity contribution in [2.75, 3.05) is 7.11 Å². The number of aryl methyl sites for hydroxylation is 1. The van der Waals surface area contributed by atoms with Gasteiger partial charge in [-0.1, -0.05) is 0 Å². The summed E-state index contributed by atoms with van der Waals surface area (Å²) >= 11 is 0. The molecule has 0 aromatic carbocycles. The molecule has 1 aromatic heterocycles. The van der Waals surface area contributed by atoms with Gasteiger partial charge in [0.2, 0.25) is 0 Å². The molecule has 0 N–H and O–H groups in total. The first-order valence-corrected chi connectivity index (χ1v) is 4.75. The first-order chi connectivity index (χ1) is 7.99. The monoisotopic (exact) mass is 240 g/mol. The molecule has 0 atom stereocenters. The third kappa shape index (κ3) is 2.97. The number of aromatic nitrogens is 1. The lowest BCUT2D eigenvalue weighted by atomic mass is 10.0. The highest BCUT2D eigenvalue weighted by atomic mass is 19.3. The van der Waals surface area contributed by atoms with E-state index in [0.29, 0.717) is 0 Å². The summed E-state index contributed by atoms with van der Waals surface area (Å²) in [5, 5.41) is 8.64. The fraction of sp³-hybridized carbons (Fsp3) is 0.364. The number of nitriles is 1. The van der Waals surface area contributed by atoms with E-state index >= 15 is 0 Å². The lowest BCUT2D eigenvalue weighted by molar-refractivity contribution is -0.139. The van der Waals surface area contributed by atoms with E-state index in [9.17, 15) is 13.6 Å². The fourth-order valence-corrected chi connectivity index (χ4v) is 1.42. The predicted octanol–water partition coefficient (Wildman–Crippen LogP) is 1.91. The maximum Gasteiger partial charge on any atom is 0.310 e. The maximum absolute atomic E-state index is 12.8. The fourth-order valence-electron chi connectivity index (χ4n) is 1.42. The molecule has 0 bridgehead atoms. The zero-order chi connectivity index (χ0) is 13.0. The Bertz CT molecular complexity index is 481. The van der Waals surface area contributed by atoms with Gasteiger partial charge in [-0.05, 0) is 18.6 Å². The van der Waals surface area contributed by atoms with Gasteiger partial charge in [-0.15, -0.1) is 0 Å². The Morgan fingerprint density at radius 3 is 2.76 bits per heavy atom. The van der Waals surface area contributed by atoms with Crippen molar-refractivity contribution in [3.05, 3.63) is 28.6 Å². The number of pyridine rings is 1. The molecule has 1 aromatic rings. The van der Waals surface area contributed by atoms with Crippen LogP contribution in [0.3, 0.4) is 0 Å². The topological polar surface area (TPSA) is 63.0 Å². The molecule has 1 heterocycles. The molecular weight excluding hydrogens is 230 g/mol. The molecule has 0 unspecified atom stereocenters. The van der Waals surface area contributed by atoms with Crippen molar-refractivity contribution in [2.24, 2.45) is 0 Å². The van der Waals surface area contributed by atoms with E-state index < -0.39 is 12.4 Å². The lowest BCUT2D eigenvalue weighted by Crippen LogP contribution is -2.10. The Morgan fingerprint density at radius 1 is 1.65 bits per heavy atom. The molecular formula is C11H10F2N2O2. The van der Waals surface area contributed by atoms with E-state index in [0.717, 1.165) is 6.07 Å². The first kappa shape index (κ1) is 13.0. The van der Waals surface area contributed by atoms with Gasteiger partial charge in [0, 0.05) is 11.3 Å². The van der Waals surface area contributed by atoms with Crippen LogP contribution in [0.1, 0.15) is 28.9 Å². The van der Waals surface area contributed by atoms with Crippen LogP contribution in [0, 0.1) is 18.3 Å². The molecule has 0 saturated carbocycles. The SMILES string of the molecule is COC(=O)Cc1c(C(F)F)cc(C#N)nc1C. The molecule has 0 saturated heterocycles.